The maximum absolute atomic E-state index is 11.1. The van der Waals surface area contributed by atoms with Crippen LogP contribution in [0.15, 0.2) is 66.6 Å². The number of ether oxygens (including phenoxy) is 1. The molecule has 1 atom stereocenters. The molecule has 132 valence electrons. The predicted octanol–water partition coefficient (Wildman–Crippen LogP) is 0.474. The molecule has 0 saturated heterocycles. The molecule has 0 aliphatic carbocycles. The molecule has 0 amide bonds. The van der Waals surface area contributed by atoms with E-state index < -0.39 is 11.2 Å². The maximum atomic E-state index is 11.1. The summed E-state index contributed by atoms with van der Waals surface area (Å²) in [6.45, 7) is -0.250. The van der Waals surface area contributed by atoms with Gasteiger partial charge >= 0.3 is 35.4 Å². The fourth-order valence-electron chi connectivity index (χ4n) is 3.34. The summed E-state index contributed by atoms with van der Waals surface area (Å²) in [6, 6.07) is 16.1. The van der Waals surface area contributed by atoms with Crippen LogP contribution in [-0.4, -0.2) is 29.8 Å². The standard InChI is InChI=1S/C18H14N2O3.CH2O2.Na/c1-20(18-12-6-11-17(23-18)19(21)22)15-9-4-2-7-13(15)14-8-3-5-10-16(14)20;2-1-3;/h2-11,18H,1H3;1H,(H,2,3);/q;;+1. The number of fused-ring (bicyclic) bond motifs is 3. The molecule has 1 unspecified atom stereocenters. The number of para-hydroxylation sites is 2. The van der Waals surface area contributed by atoms with Crippen molar-refractivity contribution >= 4 is 17.8 Å². The van der Waals surface area contributed by atoms with Crippen molar-refractivity contribution in [2.75, 3.05) is 7.05 Å². The number of rotatable bonds is 2. The van der Waals surface area contributed by atoms with Crippen LogP contribution in [-0.2, 0) is 9.53 Å². The number of hydrogen-bond acceptors (Lipinski definition) is 4. The van der Waals surface area contributed by atoms with Crippen molar-refractivity contribution in [2.24, 2.45) is 0 Å². The average Bonchev–Trinajstić information content (AvgIpc) is 2.93. The van der Waals surface area contributed by atoms with E-state index in [1.54, 1.807) is 6.08 Å². The molecule has 0 bridgehead atoms. The monoisotopic (exact) mass is 375 g/mol. The number of nitrogens with zero attached hydrogens (tertiary/aromatic N) is 2. The summed E-state index contributed by atoms with van der Waals surface area (Å²) < 4.78 is 5.94. The predicted molar refractivity (Wildman–Crippen MR) is 95.7 cm³/mol. The number of quaternary nitrogens is 1. The van der Waals surface area contributed by atoms with E-state index in [2.05, 4.69) is 18.2 Å². The van der Waals surface area contributed by atoms with Gasteiger partial charge in [-0.05, 0) is 12.1 Å². The Morgan fingerprint density at radius 1 is 1.15 bits per heavy atom. The molecule has 2 aromatic carbocycles. The number of carboxylic acid groups (broad SMARTS) is 1. The third-order valence-electron chi connectivity index (χ3n) is 4.45. The smallest absolute Gasteiger partial charge is 0.483 e. The molecule has 2 aliphatic rings. The molecule has 4 rings (SSSR count). The Morgan fingerprint density at radius 2 is 1.63 bits per heavy atom. The van der Waals surface area contributed by atoms with Gasteiger partial charge in [0.25, 0.3) is 6.47 Å². The second-order valence-electron chi connectivity index (χ2n) is 5.78. The van der Waals surface area contributed by atoms with Gasteiger partial charge in [-0.1, -0.05) is 30.3 Å². The summed E-state index contributed by atoms with van der Waals surface area (Å²) in [5.41, 5.74) is 4.33. The van der Waals surface area contributed by atoms with Crippen molar-refractivity contribution in [3.8, 4) is 11.1 Å². The van der Waals surface area contributed by atoms with Gasteiger partial charge in [0.15, 0.2) is 6.23 Å². The van der Waals surface area contributed by atoms with Crippen LogP contribution >= 0.6 is 0 Å². The SMILES string of the molecule is C[N+]1(C2[C-]=CC=C([N+](=O)[O-])O2)c2ccccc2-c2ccccc21.O=CO.[Na+]. The molecule has 1 N–H and O–H groups in total. The Labute approximate surface area is 178 Å². The average molecular weight is 375 g/mol. The van der Waals surface area contributed by atoms with Crippen molar-refractivity contribution in [1.82, 2.24) is 4.48 Å². The number of allylic oxidation sites excluding steroid dienone is 2. The van der Waals surface area contributed by atoms with Crippen LogP contribution in [0.1, 0.15) is 0 Å². The van der Waals surface area contributed by atoms with Crippen molar-refractivity contribution in [3.05, 3.63) is 82.8 Å². The number of benzene rings is 2. The fraction of sp³-hybridized carbons (Fsp3) is 0.105. The van der Waals surface area contributed by atoms with Gasteiger partial charge in [-0.15, -0.1) is 0 Å². The van der Waals surface area contributed by atoms with E-state index in [0.717, 1.165) is 22.5 Å². The first kappa shape index (κ1) is 20.9. The summed E-state index contributed by atoms with van der Waals surface area (Å²) in [5, 5.41) is 18.0. The van der Waals surface area contributed by atoms with E-state index in [9.17, 15) is 10.1 Å². The van der Waals surface area contributed by atoms with Gasteiger partial charge in [0.2, 0.25) is 0 Å². The van der Waals surface area contributed by atoms with E-state index in [1.165, 1.54) is 6.08 Å². The van der Waals surface area contributed by atoms with Crippen LogP contribution < -0.4 is 34.0 Å². The Morgan fingerprint density at radius 3 is 2.11 bits per heavy atom. The molecular formula is C19H16N2NaO5+. The summed E-state index contributed by atoms with van der Waals surface area (Å²) >= 11 is 0. The van der Waals surface area contributed by atoms with E-state index in [1.807, 2.05) is 43.4 Å². The largest absolute Gasteiger partial charge is 1.00 e. The normalized spacial score (nSPS) is 17.7. The number of carbonyl (C=O) groups is 1. The Kier molecular flexibility index (Phi) is 6.56. The van der Waals surface area contributed by atoms with E-state index in [4.69, 9.17) is 14.6 Å². The molecule has 2 aromatic rings. The van der Waals surface area contributed by atoms with Gasteiger partial charge in [-0.2, -0.15) is 6.08 Å². The minimum absolute atomic E-state index is 0. The quantitative estimate of drug-likeness (QED) is 0.206. The molecule has 0 fully saturated rings. The molecule has 2 aliphatic heterocycles. The molecular weight excluding hydrogens is 359 g/mol. The van der Waals surface area contributed by atoms with Gasteiger partial charge in [-0.3, -0.25) is 14.9 Å². The third-order valence-corrected chi connectivity index (χ3v) is 4.45. The van der Waals surface area contributed by atoms with Crippen molar-refractivity contribution < 1.29 is 49.1 Å². The van der Waals surface area contributed by atoms with Gasteiger partial charge in [0.05, 0.1) is 12.0 Å². The Balaban J connectivity index is 0.000000614. The second-order valence-corrected chi connectivity index (χ2v) is 5.78. The molecule has 0 aromatic heterocycles. The van der Waals surface area contributed by atoms with Crippen molar-refractivity contribution in [3.63, 3.8) is 0 Å². The van der Waals surface area contributed by atoms with Crippen LogP contribution in [0.3, 0.4) is 0 Å². The molecule has 8 heteroatoms. The van der Waals surface area contributed by atoms with Crippen molar-refractivity contribution in [1.29, 1.82) is 0 Å². The molecule has 7 nitrogen and oxygen atoms in total. The van der Waals surface area contributed by atoms with Crippen LogP contribution in [0, 0.1) is 16.2 Å². The summed E-state index contributed by atoms with van der Waals surface area (Å²) in [5.74, 6) is -0.255. The molecule has 0 saturated carbocycles. The fourth-order valence-corrected chi connectivity index (χ4v) is 3.34. The van der Waals surface area contributed by atoms with Gasteiger partial charge < -0.3 is 9.84 Å². The van der Waals surface area contributed by atoms with Gasteiger partial charge in [-0.25, -0.2) is 10.6 Å². The Bertz CT molecular complexity index is 880. The minimum atomic E-state index is -0.606. The second kappa shape index (κ2) is 8.49. The first-order valence-electron chi connectivity index (χ1n) is 7.78. The number of likely N-dealkylation sites (N-methyl/N-ethyl adjacent to an activating group) is 1. The zero-order chi connectivity index (χ0) is 18.7. The molecule has 0 radical (unpaired) electrons. The van der Waals surface area contributed by atoms with E-state index in [0.29, 0.717) is 4.48 Å². The zero-order valence-corrected chi connectivity index (χ0v) is 16.9. The van der Waals surface area contributed by atoms with E-state index >= 15 is 0 Å². The molecule has 27 heavy (non-hydrogen) atoms. The third kappa shape index (κ3) is 3.54. The molecule has 0 spiro atoms. The first-order chi connectivity index (χ1) is 12.5. The topological polar surface area (TPSA) is 89.7 Å². The maximum Gasteiger partial charge on any atom is 1.00 e. The van der Waals surface area contributed by atoms with Crippen LogP contribution in [0.25, 0.3) is 11.1 Å². The van der Waals surface area contributed by atoms with E-state index in [-0.39, 0.29) is 41.9 Å². The van der Waals surface area contributed by atoms with Crippen molar-refractivity contribution in [2.45, 2.75) is 6.23 Å². The van der Waals surface area contributed by atoms with Crippen LogP contribution in [0.5, 0.6) is 0 Å². The zero-order valence-electron chi connectivity index (χ0n) is 14.9. The van der Waals surface area contributed by atoms with Crippen LogP contribution in [0.2, 0.25) is 0 Å². The summed E-state index contributed by atoms with van der Waals surface area (Å²) in [6.07, 6.45) is 5.40. The van der Waals surface area contributed by atoms with Crippen LogP contribution in [0.4, 0.5) is 11.4 Å². The first-order valence-corrected chi connectivity index (χ1v) is 7.78. The molecule has 2 heterocycles. The van der Waals surface area contributed by atoms with Gasteiger partial charge in [0.1, 0.15) is 11.4 Å². The Hall–Kier alpha value is -2.45. The number of hydrogen-bond donors (Lipinski definition) is 1. The van der Waals surface area contributed by atoms with Gasteiger partial charge in [0, 0.05) is 23.3 Å². The minimum Gasteiger partial charge on any atom is -0.483 e. The number of nitro groups is 1. The summed E-state index contributed by atoms with van der Waals surface area (Å²) in [7, 11) is 2.00. The summed E-state index contributed by atoms with van der Waals surface area (Å²) in [4.78, 5) is 18.9.